The predicted octanol–water partition coefficient (Wildman–Crippen LogP) is 4.22. The van der Waals surface area contributed by atoms with E-state index in [1.165, 1.54) is 5.56 Å². The third kappa shape index (κ3) is 3.66. The van der Waals surface area contributed by atoms with Gasteiger partial charge in [0.1, 0.15) is 5.75 Å². The molecule has 0 aromatic heterocycles. The summed E-state index contributed by atoms with van der Waals surface area (Å²) >= 11 is 7.94. The molecule has 0 spiro atoms. The monoisotopic (exact) mass is 293 g/mol. The molecule has 0 aliphatic carbocycles. The van der Waals surface area contributed by atoms with Crippen LogP contribution in [-0.4, -0.2) is 14.2 Å². The Bertz CT molecular complexity index is 560. The standard InChI is InChI=1S/C15H16ClNOS/c1-17-10-11-7-8-14(12(16)9-11)19-15-6-4-3-5-13(15)18-2/h3-9,17H,10H2,1-2H3. The number of ether oxygens (including phenoxy) is 1. The highest BCUT2D eigenvalue weighted by Crippen LogP contribution is 2.38. The van der Waals surface area contributed by atoms with Crippen LogP contribution >= 0.6 is 23.4 Å². The molecule has 0 saturated carbocycles. The van der Waals surface area contributed by atoms with Crippen LogP contribution in [0.5, 0.6) is 5.75 Å². The fourth-order valence-electron chi connectivity index (χ4n) is 1.76. The van der Waals surface area contributed by atoms with Crippen LogP contribution in [0.1, 0.15) is 5.56 Å². The molecule has 100 valence electrons. The van der Waals surface area contributed by atoms with Crippen LogP contribution in [-0.2, 0) is 6.54 Å². The van der Waals surface area contributed by atoms with Crippen LogP contribution in [0.25, 0.3) is 0 Å². The first-order valence-corrected chi connectivity index (χ1v) is 7.18. The maximum absolute atomic E-state index is 6.32. The molecule has 2 rings (SSSR count). The van der Waals surface area contributed by atoms with Gasteiger partial charge in [0, 0.05) is 11.4 Å². The van der Waals surface area contributed by atoms with E-state index in [2.05, 4.69) is 11.4 Å². The van der Waals surface area contributed by atoms with Gasteiger partial charge in [-0.05, 0) is 36.9 Å². The number of rotatable bonds is 5. The molecule has 0 aliphatic rings. The van der Waals surface area contributed by atoms with Gasteiger partial charge in [-0.15, -0.1) is 0 Å². The van der Waals surface area contributed by atoms with Crippen molar-refractivity contribution in [1.82, 2.24) is 5.32 Å². The van der Waals surface area contributed by atoms with Gasteiger partial charge in [0.25, 0.3) is 0 Å². The van der Waals surface area contributed by atoms with Gasteiger partial charge in [-0.25, -0.2) is 0 Å². The van der Waals surface area contributed by atoms with Gasteiger partial charge in [0.05, 0.1) is 17.0 Å². The maximum atomic E-state index is 6.32. The van der Waals surface area contributed by atoms with Gasteiger partial charge in [-0.2, -0.15) is 0 Å². The number of benzene rings is 2. The number of hydrogen-bond donors (Lipinski definition) is 1. The number of halogens is 1. The van der Waals surface area contributed by atoms with Crippen molar-refractivity contribution in [1.29, 1.82) is 0 Å². The number of hydrogen-bond acceptors (Lipinski definition) is 3. The summed E-state index contributed by atoms with van der Waals surface area (Å²) in [7, 11) is 3.60. The first-order valence-electron chi connectivity index (χ1n) is 5.98. The Hall–Kier alpha value is -1.16. The normalized spacial score (nSPS) is 10.5. The smallest absolute Gasteiger partial charge is 0.132 e. The Morgan fingerprint density at radius 1 is 1.16 bits per heavy atom. The molecular weight excluding hydrogens is 278 g/mol. The zero-order chi connectivity index (χ0) is 13.7. The third-order valence-electron chi connectivity index (χ3n) is 2.67. The van der Waals surface area contributed by atoms with Crippen LogP contribution in [0.4, 0.5) is 0 Å². The Morgan fingerprint density at radius 3 is 2.63 bits per heavy atom. The highest BCUT2D eigenvalue weighted by Gasteiger charge is 2.07. The van der Waals surface area contributed by atoms with E-state index in [1.54, 1.807) is 18.9 Å². The van der Waals surface area contributed by atoms with Gasteiger partial charge >= 0.3 is 0 Å². The molecule has 2 aromatic rings. The van der Waals surface area contributed by atoms with Crippen molar-refractivity contribution in [3.05, 3.63) is 53.1 Å². The summed E-state index contributed by atoms with van der Waals surface area (Å²) in [5, 5.41) is 3.88. The zero-order valence-corrected chi connectivity index (χ0v) is 12.5. The number of nitrogens with one attached hydrogen (secondary N) is 1. The van der Waals surface area contributed by atoms with Gasteiger partial charge in [0.2, 0.25) is 0 Å². The molecule has 0 heterocycles. The Morgan fingerprint density at radius 2 is 1.95 bits per heavy atom. The second kappa shape index (κ2) is 6.85. The molecular formula is C15H16ClNOS. The Labute approximate surface area is 123 Å². The number of methoxy groups -OCH3 is 1. The molecule has 2 aromatic carbocycles. The number of para-hydroxylation sites is 1. The molecule has 0 saturated heterocycles. The molecule has 0 aliphatic heterocycles. The molecule has 0 unspecified atom stereocenters. The van der Waals surface area contributed by atoms with E-state index < -0.39 is 0 Å². The molecule has 1 N–H and O–H groups in total. The lowest BCUT2D eigenvalue weighted by atomic mass is 10.2. The van der Waals surface area contributed by atoms with Crippen molar-refractivity contribution in [2.45, 2.75) is 16.3 Å². The second-order valence-electron chi connectivity index (χ2n) is 4.05. The molecule has 0 fully saturated rings. The highest BCUT2D eigenvalue weighted by molar-refractivity contribution is 7.99. The molecule has 0 atom stereocenters. The average Bonchev–Trinajstić information content (AvgIpc) is 2.43. The molecule has 0 amide bonds. The topological polar surface area (TPSA) is 21.3 Å². The molecule has 0 radical (unpaired) electrons. The zero-order valence-electron chi connectivity index (χ0n) is 10.9. The molecule has 4 heteroatoms. The van der Waals surface area contributed by atoms with Crippen molar-refractivity contribution in [2.75, 3.05) is 14.2 Å². The van der Waals surface area contributed by atoms with E-state index in [9.17, 15) is 0 Å². The van der Waals surface area contributed by atoms with E-state index >= 15 is 0 Å². The van der Waals surface area contributed by atoms with Crippen LogP contribution < -0.4 is 10.1 Å². The fraction of sp³-hybridized carbons (Fsp3) is 0.200. The largest absolute Gasteiger partial charge is 0.496 e. The highest BCUT2D eigenvalue weighted by atomic mass is 35.5. The van der Waals surface area contributed by atoms with E-state index in [1.807, 2.05) is 43.4 Å². The van der Waals surface area contributed by atoms with E-state index in [0.717, 1.165) is 27.1 Å². The predicted molar refractivity (Wildman–Crippen MR) is 81.3 cm³/mol. The summed E-state index contributed by atoms with van der Waals surface area (Å²) in [4.78, 5) is 2.10. The molecule has 2 nitrogen and oxygen atoms in total. The van der Waals surface area contributed by atoms with E-state index in [-0.39, 0.29) is 0 Å². The maximum Gasteiger partial charge on any atom is 0.132 e. The van der Waals surface area contributed by atoms with Gasteiger partial charge in [-0.1, -0.05) is 41.6 Å². The van der Waals surface area contributed by atoms with Crippen LogP contribution in [0.15, 0.2) is 52.3 Å². The van der Waals surface area contributed by atoms with Crippen LogP contribution in [0, 0.1) is 0 Å². The summed E-state index contributed by atoms with van der Waals surface area (Å²) < 4.78 is 5.35. The van der Waals surface area contributed by atoms with Crippen molar-refractivity contribution in [3.8, 4) is 5.75 Å². The SMILES string of the molecule is CNCc1ccc(Sc2ccccc2OC)c(Cl)c1. The molecule has 19 heavy (non-hydrogen) atoms. The summed E-state index contributed by atoms with van der Waals surface area (Å²) in [6, 6.07) is 14.1. The summed E-state index contributed by atoms with van der Waals surface area (Å²) in [5.41, 5.74) is 1.18. The Balaban J connectivity index is 2.23. The Kier molecular flexibility index (Phi) is 5.14. The minimum Gasteiger partial charge on any atom is -0.496 e. The van der Waals surface area contributed by atoms with Gasteiger partial charge in [-0.3, -0.25) is 0 Å². The minimum atomic E-state index is 0.767. The average molecular weight is 294 g/mol. The fourth-order valence-corrected chi connectivity index (χ4v) is 3.01. The summed E-state index contributed by atoms with van der Waals surface area (Å²) in [6.45, 7) is 0.819. The van der Waals surface area contributed by atoms with E-state index in [0.29, 0.717) is 0 Å². The lowest BCUT2D eigenvalue weighted by Gasteiger charge is -2.10. The van der Waals surface area contributed by atoms with Crippen molar-refractivity contribution in [2.24, 2.45) is 0 Å². The first kappa shape index (κ1) is 14.3. The van der Waals surface area contributed by atoms with Crippen molar-refractivity contribution >= 4 is 23.4 Å². The third-order valence-corrected chi connectivity index (χ3v) is 4.22. The van der Waals surface area contributed by atoms with E-state index in [4.69, 9.17) is 16.3 Å². The lowest BCUT2D eigenvalue weighted by molar-refractivity contribution is 0.405. The van der Waals surface area contributed by atoms with Crippen molar-refractivity contribution < 1.29 is 4.74 Å². The van der Waals surface area contributed by atoms with Gasteiger partial charge < -0.3 is 10.1 Å². The summed E-state index contributed by atoms with van der Waals surface area (Å²) in [5.74, 6) is 0.864. The van der Waals surface area contributed by atoms with Crippen LogP contribution in [0.2, 0.25) is 5.02 Å². The van der Waals surface area contributed by atoms with Crippen molar-refractivity contribution in [3.63, 3.8) is 0 Å². The molecule has 0 bridgehead atoms. The van der Waals surface area contributed by atoms with Crippen LogP contribution in [0.3, 0.4) is 0 Å². The van der Waals surface area contributed by atoms with Gasteiger partial charge in [0.15, 0.2) is 0 Å². The summed E-state index contributed by atoms with van der Waals surface area (Å²) in [6.07, 6.45) is 0. The second-order valence-corrected chi connectivity index (χ2v) is 5.54. The quantitative estimate of drug-likeness (QED) is 0.892. The minimum absolute atomic E-state index is 0.767. The first-order chi connectivity index (χ1) is 9.24. The lowest BCUT2D eigenvalue weighted by Crippen LogP contribution is -2.04.